The Morgan fingerprint density at radius 1 is 1.06 bits per heavy atom. The second-order valence-corrected chi connectivity index (χ2v) is 3.37. The molecular formula is C11H8F3N3. The Morgan fingerprint density at radius 2 is 1.71 bits per heavy atom. The lowest BCUT2D eigenvalue weighted by Crippen LogP contribution is -2.09. The Balaban J connectivity index is 2.53. The minimum atomic E-state index is -4.48. The zero-order valence-corrected chi connectivity index (χ0v) is 8.57. The van der Waals surface area contributed by atoms with Gasteiger partial charge in [-0.05, 0) is 24.3 Å². The third-order valence-electron chi connectivity index (χ3n) is 2.18. The highest BCUT2D eigenvalue weighted by Crippen LogP contribution is 2.35. The van der Waals surface area contributed by atoms with Gasteiger partial charge in [-0.1, -0.05) is 0 Å². The van der Waals surface area contributed by atoms with Crippen molar-refractivity contribution in [2.45, 2.75) is 6.18 Å². The smallest absolute Gasteiger partial charge is 0.398 e. The topological polar surface area (TPSA) is 51.8 Å². The first-order valence-electron chi connectivity index (χ1n) is 4.72. The van der Waals surface area contributed by atoms with E-state index in [4.69, 9.17) is 5.73 Å². The number of nitrogen functional groups attached to an aromatic ring is 1. The SMILES string of the molecule is Nc1ccc(-c2ncccn2)cc1C(F)(F)F. The Morgan fingerprint density at radius 3 is 2.29 bits per heavy atom. The summed E-state index contributed by atoms with van der Waals surface area (Å²) in [5.41, 5.74) is 4.40. The van der Waals surface area contributed by atoms with E-state index in [1.165, 1.54) is 24.5 Å². The van der Waals surface area contributed by atoms with Crippen LogP contribution in [-0.4, -0.2) is 9.97 Å². The maximum Gasteiger partial charge on any atom is 0.418 e. The van der Waals surface area contributed by atoms with Crippen molar-refractivity contribution in [3.05, 3.63) is 42.2 Å². The van der Waals surface area contributed by atoms with E-state index in [9.17, 15) is 13.2 Å². The van der Waals surface area contributed by atoms with Gasteiger partial charge in [0.2, 0.25) is 0 Å². The highest BCUT2D eigenvalue weighted by atomic mass is 19.4. The molecule has 0 spiro atoms. The van der Waals surface area contributed by atoms with Crippen LogP contribution in [0.2, 0.25) is 0 Å². The van der Waals surface area contributed by atoms with Gasteiger partial charge in [-0.15, -0.1) is 0 Å². The molecule has 0 aliphatic rings. The first-order valence-corrected chi connectivity index (χ1v) is 4.72. The van der Waals surface area contributed by atoms with Gasteiger partial charge in [-0.25, -0.2) is 9.97 Å². The summed E-state index contributed by atoms with van der Waals surface area (Å²) in [6, 6.07) is 5.20. The molecule has 1 aromatic carbocycles. The fourth-order valence-corrected chi connectivity index (χ4v) is 1.39. The number of rotatable bonds is 1. The number of anilines is 1. The molecule has 2 aromatic rings. The third-order valence-corrected chi connectivity index (χ3v) is 2.18. The predicted molar refractivity (Wildman–Crippen MR) is 56.9 cm³/mol. The molecule has 6 heteroatoms. The molecule has 1 aromatic heterocycles. The second-order valence-electron chi connectivity index (χ2n) is 3.37. The quantitative estimate of drug-likeness (QED) is 0.778. The molecule has 3 nitrogen and oxygen atoms in total. The zero-order chi connectivity index (χ0) is 12.5. The number of hydrogen-bond donors (Lipinski definition) is 1. The van der Waals surface area contributed by atoms with Gasteiger partial charge in [-0.2, -0.15) is 13.2 Å². The van der Waals surface area contributed by atoms with Crippen LogP contribution in [0.15, 0.2) is 36.7 Å². The van der Waals surface area contributed by atoms with E-state index in [-0.39, 0.29) is 17.1 Å². The standard InChI is InChI=1S/C11H8F3N3/c12-11(13,14)8-6-7(2-3-9(8)15)10-16-4-1-5-17-10/h1-6H,15H2. The highest BCUT2D eigenvalue weighted by Gasteiger charge is 2.33. The number of nitrogens with two attached hydrogens (primary N) is 1. The number of alkyl halides is 3. The van der Waals surface area contributed by atoms with Crippen LogP contribution in [0.4, 0.5) is 18.9 Å². The Hall–Kier alpha value is -2.11. The molecule has 0 atom stereocenters. The monoisotopic (exact) mass is 239 g/mol. The molecule has 17 heavy (non-hydrogen) atoms. The summed E-state index contributed by atoms with van der Waals surface area (Å²) in [6.45, 7) is 0. The average molecular weight is 239 g/mol. The van der Waals surface area contributed by atoms with E-state index >= 15 is 0 Å². The molecule has 0 unspecified atom stereocenters. The van der Waals surface area contributed by atoms with Crippen molar-refractivity contribution in [3.63, 3.8) is 0 Å². The lowest BCUT2D eigenvalue weighted by molar-refractivity contribution is -0.136. The van der Waals surface area contributed by atoms with E-state index in [1.807, 2.05) is 0 Å². The van der Waals surface area contributed by atoms with Crippen LogP contribution in [0.3, 0.4) is 0 Å². The highest BCUT2D eigenvalue weighted by molar-refractivity contribution is 5.62. The molecule has 2 rings (SSSR count). The predicted octanol–water partition coefficient (Wildman–Crippen LogP) is 2.74. The van der Waals surface area contributed by atoms with E-state index in [1.54, 1.807) is 6.07 Å². The van der Waals surface area contributed by atoms with Crippen LogP contribution in [0, 0.1) is 0 Å². The van der Waals surface area contributed by atoms with E-state index in [0.29, 0.717) is 0 Å². The van der Waals surface area contributed by atoms with Gasteiger partial charge in [0, 0.05) is 23.6 Å². The van der Waals surface area contributed by atoms with Crippen molar-refractivity contribution in [1.82, 2.24) is 9.97 Å². The molecule has 0 saturated heterocycles. The normalized spacial score (nSPS) is 11.5. The summed E-state index contributed by atoms with van der Waals surface area (Å²) in [6.07, 6.45) is -1.55. The second kappa shape index (κ2) is 4.04. The van der Waals surface area contributed by atoms with Crippen LogP contribution < -0.4 is 5.73 Å². The van der Waals surface area contributed by atoms with E-state index in [0.717, 1.165) is 6.07 Å². The lowest BCUT2D eigenvalue weighted by atomic mass is 10.1. The van der Waals surface area contributed by atoms with Crippen molar-refractivity contribution < 1.29 is 13.2 Å². The zero-order valence-electron chi connectivity index (χ0n) is 8.57. The summed E-state index contributed by atoms with van der Waals surface area (Å²) in [4.78, 5) is 7.77. The first kappa shape index (κ1) is 11.4. The minimum absolute atomic E-state index is 0.234. The maximum absolute atomic E-state index is 12.6. The number of nitrogens with zero attached hydrogens (tertiary/aromatic N) is 2. The van der Waals surface area contributed by atoms with E-state index in [2.05, 4.69) is 9.97 Å². The van der Waals surface area contributed by atoms with Gasteiger partial charge >= 0.3 is 6.18 Å². The van der Waals surface area contributed by atoms with Crippen molar-refractivity contribution in [1.29, 1.82) is 0 Å². The molecule has 0 radical (unpaired) electrons. The summed E-state index contributed by atoms with van der Waals surface area (Å²) in [5.74, 6) is 0.234. The molecule has 0 aliphatic heterocycles. The van der Waals surface area contributed by atoms with Gasteiger partial charge in [0.15, 0.2) is 5.82 Å². The minimum Gasteiger partial charge on any atom is -0.398 e. The Kier molecular flexibility index (Phi) is 2.71. The van der Waals surface area contributed by atoms with Crippen LogP contribution >= 0.6 is 0 Å². The average Bonchev–Trinajstić information content (AvgIpc) is 2.29. The van der Waals surface area contributed by atoms with Gasteiger partial charge in [0.25, 0.3) is 0 Å². The van der Waals surface area contributed by atoms with Crippen molar-refractivity contribution >= 4 is 5.69 Å². The molecule has 0 aliphatic carbocycles. The largest absolute Gasteiger partial charge is 0.418 e. The molecular weight excluding hydrogens is 231 g/mol. The summed E-state index contributed by atoms with van der Waals surface area (Å²) in [5, 5.41) is 0. The Labute approximate surface area is 95.1 Å². The molecule has 88 valence electrons. The molecule has 0 amide bonds. The van der Waals surface area contributed by atoms with E-state index < -0.39 is 11.7 Å². The van der Waals surface area contributed by atoms with Crippen LogP contribution in [0.25, 0.3) is 11.4 Å². The van der Waals surface area contributed by atoms with Crippen molar-refractivity contribution in [2.24, 2.45) is 0 Å². The summed E-state index contributed by atoms with van der Waals surface area (Å²) >= 11 is 0. The number of hydrogen-bond acceptors (Lipinski definition) is 3. The fraction of sp³-hybridized carbons (Fsp3) is 0.0909. The van der Waals surface area contributed by atoms with Crippen LogP contribution in [-0.2, 0) is 6.18 Å². The number of benzene rings is 1. The molecule has 0 bridgehead atoms. The molecule has 2 N–H and O–H groups in total. The van der Waals surface area contributed by atoms with Crippen LogP contribution in [0.1, 0.15) is 5.56 Å². The molecule has 1 heterocycles. The van der Waals surface area contributed by atoms with Gasteiger partial charge < -0.3 is 5.73 Å². The van der Waals surface area contributed by atoms with Gasteiger partial charge in [0.05, 0.1) is 5.56 Å². The number of aromatic nitrogens is 2. The maximum atomic E-state index is 12.6. The van der Waals surface area contributed by atoms with Crippen LogP contribution in [0.5, 0.6) is 0 Å². The van der Waals surface area contributed by atoms with Gasteiger partial charge in [-0.3, -0.25) is 0 Å². The van der Waals surface area contributed by atoms with Crippen molar-refractivity contribution in [3.8, 4) is 11.4 Å². The van der Waals surface area contributed by atoms with Gasteiger partial charge in [0.1, 0.15) is 0 Å². The molecule has 0 saturated carbocycles. The third kappa shape index (κ3) is 2.35. The Bertz CT molecular complexity index is 523. The van der Waals surface area contributed by atoms with Crippen molar-refractivity contribution in [2.75, 3.05) is 5.73 Å². The fourth-order valence-electron chi connectivity index (χ4n) is 1.39. The molecule has 0 fully saturated rings. The summed E-state index contributed by atoms with van der Waals surface area (Å²) < 4.78 is 37.9. The summed E-state index contributed by atoms with van der Waals surface area (Å²) in [7, 11) is 0. The lowest BCUT2D eigenvalue weighted by Gasteiger charge is -2.11. The number of halogens is 3. The first-order chi connectivity index (χ1) is 7.98.